The average molecular weight is 241 g/mol. The Bertz CT molecular complexity index is 229. The average Bonchev–Trinajstić information content (AvgIpc) is 2.30. The number of hydrogen-bond donors (Lipinski definition) is 1. The molecule has 2 nitrogen and oxygen atoms in total. The molecule has 1 atom stereocenters. The van der Waals surface area contributed by atoms with E-state index in [1.54, 1.807) is 7.11 Å². The maximum Gasteiger partial charge on any atom is 0.0505 e. The zero-order valence-corrected chi connectivity index (χ0v) is 12.4. The minimum Gasteiger partial charge on any atom is -0.384 e. The Morgan fingerprint density at radius 2 is 1.88 bits per heavy atom. The first-order valence-electron chi connectivity index (χ1n) is 7.13. The molecule has 0 aromatic rings. The lowest BCUT2D eigenvalue weighted by atomic mass is 9.63. The van der Waals surface area contributed by atoms with E-state index in [0.717, 1.165) is 25.4 Å². The van der Waals surface area contributed by atoms with E-state index in [9.17, 15) is 0 Å². The molecular weight excluding hydrogens is 210 g/mol. The zero-order chi connectivity index (χ0) is 13.1. The van der Waals surface area contributed by atoms with Gasteiger partial charge in [0.1, 0.15) is 0 Å². The molecule has 0 aromatic heterocycles. The maximum absolute atomic E-state index is 6.56. The van der Waals surface area contributed by atoms with Gasteiger partial charge in [0, 0.05) is 12.6 Å². The molecule has 2 heteroatoms. The van der Waals surface area contributed by atoms with Crippen molar-refractivity contribution < 1.29 is 4.74 Å². The molecule has 0 bridgehead atoms. The van der Waals surface area contributed by atoms with E-state index < -0.39 is 0 Å². The summed E-state index contributed by atoms with van der Waals surface area (Å²) in [6.45, 7) is 10.1. The Kier molecular flexibility index (Phi) is 5.03. The Morgan fingerprint density at radius 3 is 2.29 bits per heavy atom. The van der Waals surface area contributed by atoms with Gasteiger partial charge < -0.3 is 10.5 Å². The highest BCUT2D eigenvalue weighted by atomic mass is 16.5. The minimum absolute atomic E-state index is 0.0102. The van der Waals surface area contributed by atoms with E-state index in [-0.39, 0.29) is 5.54 Å². The van der Waals surface area contributed by atoms with Crippen LogP contribution in [0.15, 0.2) is 0 Å². The van der Waals surface area contributed by atoms with Gasteiger partial charge in [-0.3, -0.25) is 0 Å². The molecule has 0 radical (unpaired) electrons. The fourth-order valence-corrected chi connectivity index (χ4v) is 3.13. The summed E-state index contributed by atoms with van der Waals surface area (Å²) >= 11 is 0. The fourth-order valence-electron chi connectivity index (χ4n) is 3.13. The van der Waals surface area contributed by atoms with E-state index in [2.05, 4.69) is 27.7 Å². The molecule has 1 saturated carbocycles. The first-order chi connectivity index (χ1) is 7.85. The molecule has 2 N–H and O–H groups in total. The van der Waals surface area contributed by atoms with E-state index in [1.807, 2.05) is 0 Å². The van der Waals surface area contributed by atoms with Gasteiger partial charge in [0.05, 0.1) is 6.61 Å². The van der Waals surface area contributed by atoms with Crippen LogP contribution in [0.5, 0.6) is 0 Å². The van der Waals surface area contributed by atoms with Gasteiger partial charge in [-0.05, 0) is 42.9 Å². The SMILES string of the molecule is CCC(C)(C)C1CCC(N)(C(C)COC)CC1. The molecule has 0 aromatic carbocycles. The van der Waals surface area contributed by atoms with Gasteiger partial charge in [0.2, 0.25) is 0 Å². The van der Waals surface area contributed by atoms with Crippen LogP contribution in [0.1, 0.15) is 59.8 Å². The molecular formula is C15H31NO. The number of rotatable bonds is 5. The van der Waals surface area contributed by atoms with Crippen molar-refractivity contribution in [3.63, 3.8) is 0 Å². The zero-order valence-electron chi connectivity index (χ0n) is 12.4. The van der Waals surface area contributed by atoms with Crippen LogP contribution in [0.3, 0.4) is 0 Å². The summed E-state index contributed by atoms with van der Waals surface area (Å²) in [7, 11) is 1.77. The molecule has 0 heterocycles. The Balaban J connectivity index is 2.55. The summed E-state index contributed by atoms with van der Waals surface area (Å²) in [5, 5.41) is 0. The summed E-state index contributed by atoms with van der Waals surface area (Å²) in [4.78, 5) is 0. The Morgan fingerprint density at radius 1 is 1.35 bits per heavy atom. The van der Waals surface area contributed by atoms with Gasteiger partial charge in [0.25, 0.3) is 0 Å². The molecule has 1 unspecified atom stereocenters. The third kappa shape index (κ3) is 3.45. The fraction of sp³-hybridized carbons (Fsp3) is 1.00. The maximum atomic E-state index is 6.56. The Labute approximate surface area is 107 Å². The first-order valence-corrected chi connectivity index (χ1v) is 7.13. The normalized spacial score (nSPS) is 32.5. The minimum atomic E-state index is 0.0102. The van der Waals surface area contributed by atoms with Gasteiger partial charge in [-0.25, -0.2) is 0 Å². The molecule has 1 aliphatic carbocycles. The molecule has 102 valence electrons. The van der Waals surface area contributed by atoms with Crippen molar-refractivity contribution in [1.82, 2.24) is 0 Å². The van der Waals surface area contributed by atoms with Gasteiger partial charge >= 0.3 is 0 Å². The second-order valence-corrected chi connectivity index (χ2v) is 6.71. The van der Waals surface area contributed by atoms with E-state index in [4.69, 9.17) is 10.5 Å². The topological polar surface area (TPSA) is 35.2 Å². The second kappa shape index (κ2) is 5.71. The van der Waals surface area contributed by atoms with Crippen LogP contribution in [-0.4, -0.2) is 19.3 Å². The second-order valence-electron chi connectivity index (χ2n) is 6.71. The van der Waals surface area contributed by atoms with Crippen molar-refractivity contribution in [3.05, 3.63) is 0 Å². The lowest BCUT2D eigenvalue weighted by molar-refractivity contribution is 0.0571. The molecule has 17 heavy (non-hydrogen) atoms. The predicted octanol–water partition coefficient (Wildman–Crippen LogP) is 3.59. The van der Waals surface area contributed by atoms with Gasteiger partial charge in [-0.15, -0.1) is 0 Å². The van der Waals surface area contributed by atoms with E-state index in [0.29, 0.717) is 11.3 Å². The van der Waals surface area contributed by atoms with Crippen molar-refractivity contribution in [2.45, 2.75) is 65.3 Å². The molecule has 1 fully saturated rings. The van der Waals surface area contributed by atoms with Crippen LogP contribution in [-0.2, 0) is 4.74 Å². The van der Waals surface area contributed by atoms with E-state index >= 15 is 0 Å². The summed E-state index contributed by atoms with van der Waals surface area (Å²) in [5.74, 6) is 1.32. The number of nitrogens with two attached hydrogens (primary N) is 1. The summed E-state index contributed by atoms with van der Waals surface area (Å²) in [6.07, 6.45) is 6.15. The van der Waals surface area contributed by atoms with Crippen LogP contribution < -0.4 is 5.73 Å². The molecule has 0 amide bonds. The highest BCUT2D eigenvalue weighted by Crippen LogP contribution is 2.44. The summed E-state index contributed by atoms with van der Waals surface area (Å²) in [6, 6.07) is 0. The van der Waals surface area contributed by atoms with Crippen molar-refractivity contribution in [2.24, 2.45) is 23.0 Å². The van der Waals surface area contributed by atoms with Crippen LogP contribution in [0.25, 0.3) is 0 Å². The molecule has 1 aliphatic rings. The molecule has 0 aliphatic heterocycles. The quantitative estimate of drug-likeness (QED) is 0.798. The highest BCUT2D eigenvalue weighted by molar-refractivity contribution is 4.96. The lowest BCUT2D eigenvalue weighted by Gasteiger charge is -2.45. The highest BCUT2D eigenvalue weighted by Gasteiger charge is 2.40. The standard InChI is InChI=1S/C15H31NO/c1-6-14(3,4)13-7-9-15(16,10-8-13)12(2)11-17-5/h12-13H,6-11,16H2,1-5H3. The van der Waals surface area contributed by atoms with Gasteiger partial charge in [0.15, 0.2) is 0 Å². The smallest absolute Gasteiger partial charge is 0.0505 e. The molecule has 0 spiro atoms. The summed E-state index contributed by atoms with van der Waals surface area (Å²) < 4.78 is 5.26. The monoisotopic (exact) mass is 241 g/mol. The third-order valence-corrected chi connectivity index (χ3v) is 5.33. The summed E-state index contributed by atoms with van der Waals surface area (Å²) in [5.41, 5.74) is 7.04. The van der Waals surface area contributed by atoms with Crippen LogP contribution in [0.2, 0.25) is 0 Å². The van der Waals surface area contributed by atoms with Gasteiger partial charge in [-0.2, -0.15) is 0 Å². The molecule has 0 saturated heterocycles. The Hall–Kier alpha value is -0.0800. The van der Waals surface area contributed by atoms with Crippen molar-refractivity contribution in [3.8, 4) is 0 Å². The van der Waals surface area contributed by atoms with Crippen LogP contribution in [0, 0.1) is 17.3 Å². The van der Waals surface area contributed by atoms with E-state index in [1.165, 1.54) is 19.3 Å². The van der Waals surface area contributed by atoms with Gasteiger partial charge in [-0.1, -0.05) is 34.1 Å². The number of ether oxygens (including phenoxy) is 1. The van der Waals surface area contributed by atoms with Crippen LogP contribution in [0.4, 0.5) is 0 Å². The molecule has 1 rings (SSSR count). The predicted molar refractivity (Wildman–Crippen MR) is 74.0 cm³/mol. The van der Waals surface area contributed by atoms with Crippen LogP contribution >= 0.6 is 0 Å². The number of hydrogen-bond acceptors (Lipinski definition) is 2. The number of methoxy groups -OCH3 is 1. The lowest BCUT2D eigenvalue weighted by Crippen LogP contribution is -2.51. The first kappa shape index (κ1) is 15.0. The van der Waals surface area contributed by atoms with Crippen molar-refractivity contribution in [2.75, 3.05) is 13.7 Å². The van der Waals surface area contributed by atoms with Crippen molar-refractivity contribution in [1.29, 1.82) is 0 Å². The third-order valence-electron chi connectivity index (χ3n) is 5.33. The largest absolute Gasteiger partial charge is 0.384 e. The van der Waals surface area contributed by atoms with Crippen molar-refractivity contribution >= 4 is 0 Å².